The number of methoxy groups -OCH3 is 1. The zero-order valence-corrected chi connectivity index (χ0v) is 9.77. The van der Waals surface area contributed by atoms with Crippen LogP contribution in [0.3, 0.4) is 0 Å². The van der Waals surface area contributed by atoms with E-state index in [4.69, 9.17) is 10.5 Å². The molecule has 0 aliphatic heterocycles. The van der Waals surface area contributed by atoms with E-state index in [-0.39, 0.29) is 12.5 Å². The Hall–Kier alpha value is -1.55. The largest absolute Gasteiger partial charge is 0.497 e. The van der Waals surface area contributed by atoms with Gasteiger partial charge in [0.15, 0.2) is 0 Å². The fourth-order valence-corrected chi connectivity index (χ4v) is 1.46. The molecule has 88 valence electrons. The van der Waals surface area contributed by atoms with E-state index in [0.29, 0.717) is 13.1 Å². The molecule has 0 aliphatic carbocycles. The zero-order chi connectivity index (χ0) is 12.0. The Bertz CT molecular complexity index is 335. The van der Waals surface area contributed by atoms with E-state index in [9.17, 15) is 4.79 Å². The molecule has 0 radical (unpaired) electrons. The number of ether oxygens (including phenoxy) is 1. The first kappa shape index (κ1) is 12.5. The van der Waals surface area contributed by atoms with Crippen LogP contribution in [0.1, 0.15) is 12.5 Å². The molecule has 0 fully saturated rings. The normalized spacial score (nSPS) is 9.94. The van der Waals surface area contributed by atoms with Crippen molar-refractivity contribution in [3.05, 3.63) is 29.8 Å². The van der Waals surface area contributed by atoms with E-state index in [1.807, 2.05) is 31.2 Å². The Morgan fingerprint density at radius 3 is 2.44 bits per heavy atom. The number of hydrogen-bond acceptors (Lipinski definition) is 3. The molecule has 16 heavy (non-hydrogen) atoms. The molecular formula is C12H18N2O2. The maximum Gasteiger partial charge on any atom is 0.236 e. The summed E-state index contributed by atoms with van der Waals surface area (Å²) in [7, 11) is 1.63. The smallest absolute Gasteiger partial charge is 0.236 e. The number of carbonyl (C=O) groups is 1. The first-order valence-electron chi connectivity index (χ1n) is 5.32. The molecule has 1 aromatic rings. The number of likely N-dealkylation sites (N-methyl/N-ethyl adjacent to an activating group) is 1. The van der Waals surface area contributed by atoms with Gasteiger partial charge in [-0.3, -0.25) is 4.79 Å². The van der Waals surface area contributed by atoms with Gasteiger partial charge in [0.1, 0.15) is 5.75 Å². The van der Waals surface area contributed by atoms with Gasteiger partial charge in [-0.05, 0) is 24.6 Å². The second-order valence-electron chi connectivity index (χ2n) is 3.46. The van der Waals surface area contributed by atoms with Crippen molar-refractivity contribution in [2.45, 2.75) is 13.5 Å². The summed E-state index contributed by atoms with van der Waals surface area (Å²) in [5, 5.41) is 0. The van der Waals surface area contributed by atoms with Crippen LogP contribution in [0.5, 0.6) is 5.75 Å². The van der Waals surface area contributed by atoms with Crippen LogP contribution in [-0.4, -0.2) is 31.0 Å². The van der Waals surface area contributed by atoms with E-state index < -0.39 is 0 Å². The Labute approximate surface area is 96.0 Å². The van der Waals surface area contributed by atoms with E-state index in [0.717, 1.165) is 11.3 Å². The molecule has 4 heteroatoms. The number of carbonyl (C=O) groups excluding carboxylic acids is 1. The van der Waals surface area contributed by atoms with Gasteiger partial charge in [0.05, 0.1) is 13.7 Å². The van der Waals surface area contributed by atoms with Crippen LogP contribution >= 0.6 is 0 Å². The summed E-state index contributed by atoms with van der Waals surface area (Å²) in [6.07, 6.45) is 0. The summed E-state index contributed by atoms with van der Waals surface area (Å²) in [5.74, 6) is 0.787. The van der Waals surface area contributed by atoms with Gasteiger partial charge in [0.2, 0.25) is 5.91 Å². The lowest BCUT2D eigenvalue weighted by Crippen LogP contribution is -2.35. The molecule has 0 bridgehead atoms. The Morgan fingerprint density at radius 1 is 1.38 bits per heavy atom. The topological polar surface area (TPSA) is 55.6 Å². The highest BCUT2D eigenvalue weighted by Gasteiger charge is 2.09. The highest BCUT2D eigenvalue weighted by atomic mass is 16.5. The Kier molecular flexibility index (Phi) is 4.79. The SMILES string of the molecule is CCN(Cc1ccc(OC)cc1)C(=O)CN. The Balaban J connectivity index is 2.66. The van der Waals surface area contributed by atoms with Gasteiger partial charge in [0, 0.05) is 13.1 Å². The van der Waals surface area contributed by atoms with Gasteiger partial charge in [0.25, 0.3) is 0 Å². The molecule has 0 aliphatic rings. The number of benzene rings is 1. The van der Waals surface area contributed by atoms with Crippen LogP contribution in [0.15, 0.2) is 24.3 Å². The third-order valence-corrected chi connectivity index (χ3v) is 2.44. The summed E-state index contributed by atoms with van der Waals surface area (Å²) in [6, 6.07) is 7.67. The van der Waals surface area contributed by atoms with Gasteiger partial charge in [-0.1, -0.05) is 12.1 Å². The maximum absolute atomic E-state index is 11.4. The van der Waals surface area contributed by atoms with Crippen LogP contribution < -0.4 is 10.5 Å². The minimum atomic E-state index is -0.0293. The molecule has 0 atom stereocenters. The lowest BCUT2D eigenvalue weighted by Gasteiger charge is -2.20. The fraction of sp³-hybridized carbons (Fsp3) is 0.417. The predicted molar refractivity (Wildman–Crippen MR) is 63.1 cm³/mol. The fourth-order valence-electron chi connectivity index (χ4n) is 1.46. The minimum absolute atomic E-state index is 0.0293. The lowest BCUT2D eigenvalue weighted by molar-refractivity contribution is -0.130. The van der Waals surface area contributed by atoms with Crippen molar-refractivity contribution in [3.63, 3.8) is 0 Å². The molecule has 4 nitrogen and oxygen atoms in total. The zero-order valence-electron chi connectivity index (χ0n) is 9.77. The quantitative estimate of drug-likeness (QED) is 0.808. The predicted octanol–water partition coefficient (Wildman–Crippen LogP) is 1.00. The molecule has 1 aromatic carbocycles. The lowest BCUT2D eigenvalue weighted by atomic mass is 10.2. The van der Waals surface area contributed by atoms with Gasteiger partial charge in [-0.15, -0.1) is 0 Å². The van der Waals surface area contributed by atoms with Crippen molar-refractivity contribution in [2.75, 3.05) is 20.2 Å². The number of amides is 1. The maximum atomic E-state index is 11.4. The van der Waals surface area contributed by atoms with E-state index in [1.54, 1.807) is 12.0 Å². The third kappa shape index (κ3) is 3.24. The van der Waals surface area contributed by atoms with E-state index >= 15 is 0 Å². The second kappa shape index (κ2) is 6.12. The van der Waals surface area contributed by atoms with Gasteiger partial charge < -0.3 is 15.4 Å². The van der Waals surface area contributed by atoms with E-state index in [1.165, 1.54) is 0 Å². The van der Waals surface area contributed by atoms with Gasteiger partial charge in [-0.25, -0.2) is 0 Å². The average Bonchev–Trinajstić information content (AvgIpc) is 2.35. The first-order valence-corrected chi connectivity index (χ1v) is 5.32. The molecule has 0 spiro atoms. The van der Waals surface area contributed by atoms with Crippen LogP contribution in [0.4, 0.5) is 0 Å². The summed E-state index contributed by atoms with van der Waals surface area (Å²) < 4.78 is 5.07. The highest BCUT2D eigenvalue weighted by molar-refractivity contribution is 5.77. The van der Waals surface area contributed by atoms with Crippen molar-refractivity contribution in [1.29, 1.82) is 0 Å². The van der Waals surface area contributed by atoms with Gasteiger partial charge >= 0.3 is 0 Å². The number of rotatable bonds is 5. The van der Waals surface area contributed by atoms with Crippen molar-refractivity contribution < 1.29 is 9.53 Å². The molecule has 0 saturated carbocycles. The monoisotopic (exact) mass is 222 g/mol. The van der Waals surface area contributed by atoms with E-state index in [2.05, 4.69) is 0 Å². The van der Waals surface area contributed by atoms with Crippen LogP contribution in [0.25, 0.3) is 0 Å². The number of nitrogens with two attached hydrogens (primary N) is 1. The summed E-state index contributed by atoms with van der Waals surface area (Å²) in [5.41, 5.74) is 6.41. The van der Waals surface area contributed by atoms with Crippen molar-refractivity contribution in [2.24, 2.45) is 5.73 Å². The van der Waals surface area contributed by atoms with Crippen molar-refractivity contribution in [1.82, 2.24) is 4.90 Å². The van der Waals surface area contributed by atoms with Crippen molar-refractivity contribution in [3.8, 4) is 5.75 Å². The first-order chi connectivity index (χ1) is 7.71. The van der Waals surface area contributed by atoms with Crippen molar-refractivity contribution >= 4 is 5.91 Å². The van der Waals surface area contributed by atoms with Crippen LogP contribution in [0, 0.1) is 0 Å². The molecule has 0 aromatic heterocycles. The van der Waals surface area contributed by atoms with Crippen LogP contribution in [-0.2, 0) is 11.3 Å². The number of nitrogens with zero attached hydrogens (tertiary/aromatic N) is 1. The Morgan fingerprint density at radius 2 is 2.00 bits per heavy atom. The summed E-state index contributed by atoms with van der Waals surface area (Å²) >= 11 is 0. The highest BCUT2D eigenvalue weighted by Crippen LogP contribution is 2.12. The minimum Gasteiger partial charge on any atom is -0.497 e. The number of hydrogen-bond donors (Lipinski definition) is 1. The molecular weight excluding hydrogens is 204 g/mol. The molecule has 1 rings (SSSR count). The second-order valence-corrected chi connectivity index (χ2v) is 3.46. The molecule has 0 unspecified atom stereocenters. The summed E-state index contributed by atoms with van der Waals surface area (Å²) in [6.45, 7) is 3.26. The molecule has 0 saturated heterocycles. The standard InChI is InChI=1S/C12H18N2O2/c1-3-14(12(15)8-13)9-10-4-6-11(16-2)7-5-10/h4-7H,3,8-9,13H2,1-2H3. The molecule has 1 amide bonds. The molecule has 2 N–H and O–H groups in total. The van der Waals surface area contributed by atoms with Crippen LogP contribution in [0.2, 0.25) is 0 Å². The summed E-state index contributed by atoms with van der Waals surface area (Å²) in [4.78, 5) is 13.2. The average molecular weight is 222 g/mol. The van der Waals surface area contributed by atoms with Gasteiger partial charge in [-0.2, -0.15) is 0 Å². The molecule has 0 heterocycles. The third-order valence-electron chi connectivity index (χ3n) is 2.44.